The quantitative estimate of drug-likeness (QED) is 0.341. The second kappa shape index (κ2) is 15.2. The summed E-state index contributed by atoms with van der Waals surface area (Å²) in [5, 5.41) is 9.59. The first kappa shape index (κ1) is 18.2. The van der Waals surface area contributed by atoms with Gasteiger partial charge in [0.2, 0.25) is 0 Å². The van der Waals surface area contributed by atoms with Gasteiger partial charge in [0.05, 0.1) is 6.10 Å². The minimum Gasteiger partial charge on any atom is -0.393 e. The highest BCUT2D eigenvalue weighted by Gasteiger charge is 2.01. The van der Waals surface area contributed by atoms with Crippen molar-refractivity contribution in [3.8, 4) is 0 Å². The van der Waals surface area contributed by atoms with Gasteiger partial charge in [0.25, 0.3) is 0 Å². The Balaban J connectivity index is 3.16. The molecule has 0 rings (SSSR count). The molecule has 0 fully saturated rings. The lowest BCUT2D eigenvalue weighted by atomic mass is 10.0. The summed E-state index contributed by atoms with van der Waals surface area (Å²) in [7, 11) is 0. The monoisotopic (exact) mass is 264 g/mol. The van der Waals surface area contributed by atoms with Crippen LogP contribution in [0.2, 0.25) is 0 Å². The molecule has 0 saturated carbocycles. The fourth-order valence-corrected chi connectivity index (χ4v) is 2.14. The van der Waals surface area contributed by atoms with E-state index in [1.807, 2.05) is 12.2 Å². The number of aliphatic hydroxyl groups is 1. The standard InChI is InChI=1S/C18H32O/c1-3-5-6-7-8-9-10-11-12-13-14-15-17-18(19)16-4-2/h3,5-8,18-19H,1,4,9-17H2,2H3. The Morgan fingerprint density at radius 3 is 2.26 bits per heavy atom. The lowest BCUT2D eigenvalue weighted by Crippen LogP contribution is -2.04. The first-order valence-corrected chi connectivity index (χ1v) is 7.93. The van der Waals surface area contributed by atoms with Gasteiger partial charge >= 0.3 is 0 Å². The van der Waals surface area contributed by atoms with Crippen molar-refractivity contribution in [2.45, 2.75) is 77.2 Å². The summed E-state index contributed by atoms with van der Waals surface area (Å²) in [6.07, 6.45) is 22.0. The van der Waals surface area contributed by atoms with Crippen LogP contribution in [-0.4, -0.2) is 11.2 Å². The summed E-state index contributed by atoms with van der Waals surface area (Å²) in [6, 6.07) is 0. The van der Waals surface area contributed by atoms with Crippen molar-refractivity contribution in [2.24, 2.45) is 0 Å². The number of hydrogen-bond donors (Lipinski definition) is 1. The van der Waals surface area contributed by atoms with Crippen molar-refractivity contribution in [3.05, 3.63) is 37.0 Å². The molecule has 0 aliphatic carbocycles. The molecule has 1 atom stereocenters. The van der Waals surface area contributed by atoms with Crippen molar-refractivity contribution in [1.29, 1.82) is 0 Å². The molecule has 0 aliphatic rings. The molecule has 1 N–H and O–H groups in total. The molecule has 0 spiro atoms. The third kappa shape index (κ3) is 15.1. The van der Waals surface area contributed by atoms with E-state index in [0.29, 0.717) is 0 Å². The summed E-state index contributed by atoms with van der Waals surface area (Å²) < 4.78 is 0. The molecule has 0 radical (unpaired) electrons. The van der Waals surface area contributed by atoms with Crippen LogP contribution in [0.25, 0.3) is 0 Å². The first-order chi connectivity index (χ1) is 9.31. The molecule has 1 heteroatoms. The van der Waals surface area contributed by atoms with Gasteiger partial charge < -0.3 is 5.11 Å². The van der Waals surface area contributed by atoms with Gasteiger partial charge in [-0.15, -0.1) is 0 Å². The fourth-order valence-electron chi connectivity index (χ4n) is 2.14. The molecule has 1 nitrogen and oxygen atoms in total. The fraction of sp³-hybridized carbons (Fsp3) is 0.667. The van der Waals surface area contributed by atoms with Crippen molar-refractivity contribution in [2.75, 3.05) is 0 Å². The van der Waals surface area contributed by atoms with E-state index in [4.69, 9.17) is 0 Å². The normalized spacial score (nSPS) is 13.4. The van der Waals surface area contributed by atoms with Gasteiger partial charge in [0, 0.05) is 0 Å². The van der Waals surface area contributed by atoms with Gasteiger partial charge in [-0.2, -0.15) is 0 Å². The van der Waals surface area contributed by atoms with Crippen LogP contribution in [0, 0.1) is 0 Å². The molecule has 0 bridgehead atoms. The van der Waals surface area contributed by atoms with Gasteiger partial charge in [-0.3, -0.25) is 0 Å². The van der Waals surface area contributed by atoms with Crippen LogP contribution in [0.4, 0.5) is 0 Å². The lowest BCUT2D eigenvalue weighted by Gasteiger charge is -2.08. The summed E-state index contributed by atoms with van der Waals surface area (Å²) >= 11 is 0. The Labute approximate surface area is 120 Å². The number of hydrogen-bond acceptors (Lipinski definition) is 1. The molecule has 0 aliphatic heterocycles. The summed E-state index contributed by atoms with van der Waals surface area (Å²) in [5.74, 6) is 0. The zero-order valence-corrected chi connectivity index (χ0v) is 12.7. The van der Waals surface area contributed by atoms with E-state index in [-0.39, 0.29) is 6.10 Å². The van der Waals surface area contributed by atoms with Gasteiger partial charge in [-0.05, 0) is 25.7 Å². The highest BCUT2D eigenvalue weighted by atomic mass is 16.3. The third-order valence-corrected chi connectivity index (χ3v) is 3.27. The second-order valence-corrected chi connectivity index (χ2v) is 5.19. The molecule has 0 aromatic heterocycles. The summed E-state index contributed by atoms with van der Waals surface area (Å²) in [6.45, 7) is 5.76. The molecule has 0 amide bonds. The van der Waals surface area contributed by atoms with Crippen LogP contribution in [0.1, 0.15) is 71.1 Å². The molecule has 1 unspecified atom stereocenters. The van der Waals surface area contributed by atoms with Crippen LogP contribution in [0.5, 0.6) is 0 Å². The average Bonchev–Trinajstić information content (AvgIpc) is 2.40. The molecule has 0 aromatic carbocycles. The van der Waals surface area contributed by atoms with E-state index >= 15 is 0 Å². The Morgan fingerprint density at radius 2 is 1.58 bits per heavy atom. The molecular formula is C18H32O. The van der Waals surface area contributed by atoms with Gasteiger partial charge in [0.1, 0.15) is 0 Å². The number of allylic oxidation sites excluding steroid dienone is 5. The van der Waals surface area contributed by atoms with Crippen molar-refractivity contribution >= 4 is 0 Å². The maximum absolute atomic E-state index is 9.59. The molecule has 0 saturated heterocycles. The van der Waals surface area contributed by atoms with E-state index in [1.54, 1.807) is 6.08 Å². The van der Waals surface area contributed by atoms with Crippen LogP contribution in [0.3, 0.4) is 0 Å². The van der Waals surface area contributed by atoms with Crippen molar-refractivity contribution in [3.63, 3.8) is 0 Å². The highest BCUT2D eigenvalue weighted by Crippen LogP contribution is 2.11. The van der Waals surface area contributed by atoms with Crippen LogP contribution in [-0.2, 0) is 0 Å². The minimum atomic E-state index is -0.0567. The molecule has 19 heavy (non-hydrogen) atoms. The summed E-state index contributed by atoms with van der Waals surface area (Å²) in [4.78, 5) is 0. The molecule has 0 aromatic rings. The Hall–Kier alpha value is -0.820. The summed E-state index contributed by atoms with van der Waals surface area (Å²) in [5.41, 5.74) is 0. The smallest absolute Gasteiger partial charge is 0.0540 e. The van der Waals surface area contributed by atoms with Gasteiger partial charge in [-0.1, -0.05) is 82.4 Å². The van der Waals surface area contributed by atoms with E-state index in [0.717, 1.165) is 19.3 Å². The molecule has 110 valence electrons. The van der Waals surface area contributed by atoms with E-state index in [1.165, 1.54) is 44.9 Å². The molecular weight excluding hydrogens is 232 g/mol. The van der Waals surface area contributed by atoms with Gasteiger partial charge in [0.15, 0.2) is 0 Å². The minimum absolute atomic E-state index is 0.0567. The van der Waals surface area contributed by atoms with E-state index < -0.39 is 0 Å². The average molecular weight is 264 g/mol. The highest BCUT2D eigenvalue weighted by molar-refractivity contribution is 5.08. The predicted octanol–water partition coefficient (Wildman–Crippen LogP) is 5.57. The SMILES string of the molecule is C=CC=CC=CCCCCCCCCC(O)CCC. The van der Waals surface area contributed by atoms with E-state index in [2.05, 4.69) is 25.7 Å². The maximum Gasteiger partial charge on any atom is 0.0540 e. The Kier molecular flexibility index (Phi) is 14.6. The Bertz CT molecular complexity index is 240. The second-order valence-electron chi connectivity index (χ2n) is 5.19. The predicted molar refractivity (Wildman–Crippen MR) is 86.3 cm³/mol. The zero-order chi connectivity index (χ0) is 14.2. The largest absolute Gasteiger partial charge is 0.393 e. The Morgan fingerprint density at radius 1 is 0.895 bits per heavy atom. The number of rotatable bonds is 13. The van der Waals surface area contributed by atoms with Crippen LogP contribution < -0.4 is 0 Å². The van der Waals surface area contributed by atoms with Crippen molar-refractivity contribution in [1.82, 2.24) is 0 Å². The zero-order valence-electron chi connectivity index (χ0n) is 12.7. The topological polar surface area (TPSA) is 20.2 Å². The third-order valence-electron chi connectivity index (χ3n) is 3.27. The lowest BCUT2D eigenvalue weighted by molar-refractivity contribution is 0.150. The van der Waals surface area contributed by atoms with E-state index in [9.17, 15) is 5.11 Å². The van der Waals surface area contributed by atoms with Gasteiger partial charge in [-0.25, -0.2) is 0 Å². The molecule has 0 heterocycles. The van der Waals surface area contributed by atoms with Crippen LogP contribution in [0.15, 0.2) is 37.0 Å². The van der Waals surface area contributed by atoms with Crippen LogP contribution >= 0.6 is 0 Å². The maximum atomic E-state index is 9.59. The first-order valence-electron chi connectivity index (χ1n) is 7.93. The number of unbranched alkanes of at least 4 members (excludes halogenated alkanes) is 6. The van der Waals surface area contributed by atoms with Crippen molar-refractivity contribution < 1.29 is 5.11 Å². The number of aliphatic hydroxyl groups excluding tert-OH is 1.